The van der Waals surface area contributed by atoms with Crippen molar-refractivity contribution < 1.29 is 32.6 Å². The standard InChI is InChI=1S/C32H50FN3O6Si/c1-31(2,3)42-30(38)36-27-15-11-21(10-13-23-24-18-22(39-7)12-14-26(24)35-20-25(23)33)41-28(27)19-29(37)34-16-17-40-43(8,9)32(4,5)6/h12,14,18,20-21,27-28H,10-11,13,15-17,19H2,1-9H3,(H,34,37)(H,36,38)/t21-,27-,28-/m1/s1. The Balaban J connectivity index is 1.66. The van der Waals surface area contributed by atoms with E-state index >= 15 is 0 Å². The van der Waals surface area contributed by atoms with E-state index in [4.69, 9.17) is 18.6 Å². The molecule has 0 bridgehead atoms. The van der Waals surface area contributed by atoms with Gasteiger partial charge in [-0.3, -0.25) is 9.78 Å². The predicted molar refractivity (Wildman–Crippen MR) is 168 cm³/mol. The summed E-state index contributed by atoms with van der Waals surface area (Å²) in [6.07, 6.45) is 2.20. The van der Waals surface area contributed by atoms with Crippen LogP contribution in [0.5, 0.6) is 5.75 Å². The number of hydrogen-bond donors (Lipinski definition) is 2. The zero-order valence-corrected chi connectivity index (χ0v) is 28.3. The van der Waals surface area contributed by atoms with Crippen molar-refractivity contribution in [2.45, 2.75) is 116 Å². The largest absolute Gasteiger partial charge is 0.497 e. The van der Waals surface area contributed by atoms with E-state index in [0.29, 0.717) is 61.1 Å². The number of amides is 2. The number of hydrogen-bond acceptors (Lipinski definition) is 7. The van der Waals surface area contributed by atoms with E-state index in [2.05, 4.69) is 49.5 Å². The number of aromatic nitrogens is 1. The summed E-state index contributed by atoms with van der Waals surface area (Å²) >= 11 is 0. The number of halogens is 1. The van der Waals surface area contributed by atoms with Crippen molar-refractivity contribution in [3.8, 4) is 5.75 Å². The van der Waals surface area contributed by atoms with Gasteiger partial charge in [0.25, 0.3) is 0 Å². The third kappa shape index (κ3) is 10.1. The maximum Gasteiger partial charge on any atom is 0.407 e. The van der Waals surface area contributed by atoms with Gasteiger partial charge in [0, 0.05) is 11.9 Å². The number of aryl methyl sites for hydroxylation is 1. The van der Waals surface area contributed by atoms with E-state index in [9.17, 15) is 14.0 Å². The van der Waals surface area contributed by atoms with E-state index in [1.165, 1.54) is 6.20 Å². The number of pyridine rings is 1. The van der Waals surface area contributed by atoms with Gasteiger partial charge in [-0.1, -0.05) is 20.8 Å². The first-order valence-electron chi connectivity index (χ1n) is 15.2. The van der Waals surface area contributed by atoms with E-state index in [0.717, 1.165) is 0 Å². The predicted octanol–water partition coefficient (Wildman–Crippen LogP) is 6.28. The molecule has 1 saturated heterocycles. The van der Waals surface area contributed by atoms with Crippen molar-refractivity contribution in [3.05, 3.63) is 35.8 Å². The molecule has 3 rings (SSSR count). The number of rotatable bonds is 11. The Kier molecular flexibility index (Phi) is 11.6. The van der Waals surface area contributed by atoms with Gasteiger partial charge in [-0.25, -0.2) is 9.18 Å². The number of carbonyl (C=O) groups is 2. The van der Waals surface area contributed by atoms with Crippen LogP contribution in [-0.4, -0.2) is 69.4 Å². The lowest BCUT2D eigenvalue weighted by molar-refractivity contribution is -0.129. The highest BCUT2D eigenvalue weighted by Crippen LogP contribution is 2.36. The molecular formula is C32H50FN3O6Si. The highest BCUT2D eigenvalue weighted by atomic mass is 28.4. The molecule has 0 spiro atoms. The highest BCUT2D eigenvalue weighted by Gasteiger charge is 2.37. The van der Waals surface area contributed by atoms with Gasteiger partial charge in [0.15, 0.2) is 8.32 Å². The first-order chi connectivity index (χ1) is 20.0. The summed E-state index contributed by atoms with van der Waals surface area (Å²) < 4.78 is 38.3. The van der Waals surface area contributed by atoms with E-state index in [1.807, 2.05) is 6.07 Å². The van der Waals surface area contributed by atoms with E-state index < -0.39 is 32.2 Å². The van der Waals surface area contributed by atoms with Crippen LogP contribution in [0, 0.1) is 5.82 Å². The van der Waals surface area contributed by atoms with Crippen LogP contribution in [0.15, 0.2) is 24.4 Å². The third-order valence-corrected chi connectivity index (χ3v) is 12.8. The molecule has 1 aliphatic heterocycles. The number of ether oxygens (including phenoxy) is 3. The summed E-state index contributed by atoms with van der Waals surface area (Å²) in [6.45, 7) is 17.1. The topological polar surface area (TPSA) is 108 Å². The van der Waals surface area contributed by atoms with Crippen LogP contribution in [0.25, 0.3) is 10.9 Å². The quantitative estimate of drug-likeness (QED) is 0.225. The van der Waals surface area contributed by atoms with Gasteiger partial charge in [0.2, 0.25) is 5.91 Å². The lowest BCUT2D eigenvalue weighted by Crippen LogP contribution is -2.52. The smallest absolute Gasteiger partial charge is 0.407 e. The van der Waals surface area contributed by atoms with Crippen LogP contribution >= 0.6 is 0 Å². The second kappa shape index (κ2) is 14.3. The van der Waals surface area contributed by atoms with Crippen LogP contribution in [0.4, 0.5) is 9.18 Å². The molecule has 11 heteroatoms. The summed E-state index contributed by atoms with van der Waals surface area (Å²) in [5.41, 5.74) is 0.590. The first kappa shape index (κ1) is 34.7. The molecule has 0 saturated carbocycles. The zero-order chi connectivity index (χ0) is 32.0. The Morgan fingerprint density at radius 2 is 1.86 bits per heavy atom. The number of alkyl carbamates (subject to hydrolysis) is 1. The molecule has 1 aromatic carbocycles. The van der Waals surface area contributed by atoms with Crippen molar-refractivity contribution in [3.63, 3.8) is 0 Å². The van der Waals surface area contributed by atoms with Gasteiger partial charge in [-0.05, 0) is 88.3 Å². The number of nitrogens with one attached hydrogen (secondary N) is 2. The van der Waals surface area contributed by atoms with Crippen LogP contribution in [-0.2, 0) is 25.1 Å². The van der Waals surface area contributed by atoms with Crippen LogP contribution in [0.1, 0.15) is 72.8 Å². The Hall–Kier alpha value is -2.76. The Morgan fingerprint density at radius 1 is 1.14 bits per heavy atom. The molecule has 1 aliphatic rings. The molecule has 2 N–H and O–H groups in total. The number of carbonyl (C=O) groups excluding carboxylic acids is 2. The molecular weight excluding hydrogens is 569 g/mol. The fourth-order valence-electron chi connectivity index (χ4n) is 4.84. The SMILES string of the molecule is COc1ccc2ncc(F)c(CC[C@@H]3CC[C@@H](NC(=O)OC(C)(C)C)[C@@H](CC(=O)NCCO[Si](C)(C)C(C)(C)C)O3)c2c1. The van der Waals surface area contributed by atoms with Gasteiger partial charge < -0.3 is 29.3 Å². The fraction of sp³-hybridized carbons (Fsp3) is 0.656. The van der Waals surface area contributed by atoms with Crippen molar-refractivity contribution in [1.82, 2.24) is 15.6 Å². The van der Waals surface area contributed by atoms with Crippen molar-refractivity contribution in [2.24, 2.45) is 0 Å². The number of nitrogens with zero attached hydrogens (tertiary/aromatic N) is 1. The van der Waals surface area contributed by atoms with E-state index in [-0.39, 0.29) is 29.3 Å². The van der Waals surface area contributed by atoms with Gasteiger partial charge >= 0.3 is 6.09 Å². The Bertz CT molecular complexity index is 1260. The molecule has 2 aromatic rings. The molecule has 1 fully saturated rings. The van der Waals surface area contributed by atoms with E-state index in [1.54, 1.807) is 40.0 Å². The molecule has 1 aromatic heterocycles. The second-order valence-corrected chi connectivity index (χ2v) is 18.6. The monoisotopic (exact) mass is 619 g/mol. The summed E-state index contributed by atoms with van der Waals surface area (Å²) in [7, 11) is -0.344. The average molecular weight is 620 g/mol. The zero-order valence-electron chi connectivity index (χ0n) is 27.3. The second-order valence-electron chi connectivity index (χ2n) is 13.8. The summed E-state index contributed by atoms with van der Waals surface area (Å²) in [5.74, 6) is 0.0718. The number of methoxy groups -OCH3 is 1. The Labute approximate surface area is 256 Å². The van der Waals surface area contributed by atoms with Crippen LogP contribution in [0.3, 0.4) is 0 Å². The minimum absolute atomic E-state index is 0.0702. The maximum absolute atomic E-state index is 14.9. The Morgan fingerprint density at radius 3 is 2.51 bits per heavy atom. The molecule has 2 amide bonds. The molecule has 43 heavy (non-hydrogen) atoms. The molecule has 240 valence electrons. The van der Waals surface area contributed by atoms with Gasteiger partial charge in [0.1, 0.15) is 17.2 Å². The first-order valence-corrected chi connectivity index (χ1v) is 18.1. The van der Waals surface area contributed by atoms with Crippen LogP contribution < -0.4 is 15.4 Å². The lowest BCUT2D eigenvalue weighted by Gasteiger charge is -2.37. The maximum atomic E-state index is 14.9. The normalized spacial score (nSPS) is 19.6. The van der Waals surface area contributed by atoms with Crippen molar-refractivity contribution >= 4 is 31.2 Å². The highest BCUT2D eigenvalue weighted by molar-refractivity contribution is 6.74. The van der Waals surface area contributed by atoms with Gasteiger partial charge in [0.05, 0.1) is 50.1 Å². The molecule has 0 unspecified atom stereocenters. The third-order valence-electron chi connectivity index (χ3n) is 8.25. The average Bonchev–Trinajstić information content (AvgIpc) is 2.90. The molecule has 2 heterocycles. The lowest BCUT2D eigenvalue weighted by atomic mass is 9.92. The molecule has 0 radical (unpaired) electrons. The summed E-state index contributed by atoms with van der Waals surface area (Å²) in [5, 5.41) is 6.64. The summed E-state index contributed by atoms with van der Waals surface area (Å²) in [4.78, 5) is 29.8. The van der Waals surface area contributed by atoms with Crippen LogP contribution in [0.2, 0.25) is 18.1 Å². The van der Waals surface area contributed by atoms with Gasteiger partial charge in [-0.2, -0.15) is 0 Å². The minimum Gasteiger partial charge on any atom is -0.497 e. The van der Waals surface area contributed by atoms with Crippen molar-refractivity contribution in [1.29, 1.82) is 0 Å². The van der Waals surface area contributed by atoms with Gasteiger partial charge in [-0.15, -0.1) is 0 Å². The minimum atomic E-state index is -1.92. The fourth-order valence-corrected chi connectivity index (χ4v) is 5.89. The molecule has 0 aliphatic carbocycles. The summed E-state index contributed by atoms with van der Waals surface area (Å²) in [6, 6.07) is 5.01. The number of fused-ring (bicyclic) bond motifs is 1. The molecule has 3 atom stereocenters. The number of benzene rings is 1. The van der Waals surface area contributed by atoms with Crippen molar-refractivity contribution in [2.75, 3.05) is 20.3 Å². The molecule has 9 nitrogen and oxygen atoms in total.